The molecule has 31 heavy (non-hydrogen) atoms. The number of rotatable bonds is 8. The molecule has 1 aromatic carbocycles. The molecule has 2 amide bonds. The number of halogens is 2. The van der Waals surface area contributed by atoms with Crippen LogP contribution in [-0.2, 0) is 9.53 Å². The fraction of sp³-hybridized carbons (Fsp3) is 0.318. The number of amides is 2. The Kier molecular flexibility index (Phi) is 9.10. The number of carbonyl (C=O) groups is 3. The molecule has 0 unspecified atom stereocenters. The Labute approximate surface area is 195 Å². The number of esters is 1. The molecule has 2 rings (SSSR count). The van der Waals surface area contributed by atoms with Gasteiger partial charge in [0.25, 0.3) is 5.91 Å². The van der Waals surface area contributed by atoms with Gasteiger partial charge in [0.05, 0.1) is 27.1 Å². The van der Waals surface area contributed by atoms with E-state index >= 15 is 0 Å². The minimum atomic E-state index is -0.585. The number of anilines is 1. The summed E-state index contributed by atoms with van der Waals surface area (Å²) in [6.45, 7) is 8.39. The number of hydrogen-bond donors (Lipinski definition) is 1. The van der Waals surface area contributed by atoms with E-state index in [2.05, 4.69) is 5.32 Å². The lowest BCUT2D eigenvalue weighted by atomic mass is 10.1. The molecule has 1 aromatic heterocycles. The Morgan fingerprint density at radius 2 is 1.81 bits per heavy atom. The molecule has 0 fully saturated rings. The highest BCUT2D eigenvalue weighted by molar-refractivity contribution is 7.18. The molecule has 0 saturated carbocycles. The van der Waals surface area contributed by atoms with E-state index in [1.165, 1.54) is 6.08 Å². The second-order valence-corrected chi connectivity index (χ2v) is 8.29. The summed E-state index contributed by atoms with van der Waals surface area (Å²) in [4.78, 5) is 40.0. The molecule has 6 nitrogen and oxygen atoms in total. The third kappa shape index (κ3) is 6.09. The van der Waals surface area contributed by atoms with Crippen LogP contribution in [0.4, 0.5) is 5.00 Å². The van der Waals surface area contributed by atoms with Gasteiger partial charge >= 0.3 is 5.97 Å². The Morgan fingerprint density at radius 3 is 2.39 bits per heavy atom. The van der Waals surface area contributed by atoms with Crippen LogP contribution in [0.15, 0.2) is 24.3 Å². The van der Waals surface area contributed by atoms with Crippen molar-refractivity contribution >= 4 is 63.4 Å². The zero-order chi connectivity index (χ0) is 23.1. The first-order valence-electron chi connectivity index (χ1n) is 9.77. The number of ether oxygens (including phenoxy) is 1. The number of nitrogens with one attached hydrogen (secondary N) is 1. The lowest BCUT2D eigenvalue weighted by molar-refractivity contribution is -0.111. The predicted octanol–water partition coefficient (Wildman–Crippen LogP) is 5.67. The summed E-state index contributed by atoms with van der Waals surface area (Å²) in [5, 5.41) is 3.77. The maximum atomic E-state index is 12.9. The van der Waals surface area contributed by atoms with Crippen LogP contribution in [0.2, 0.25) is 10.0 Å². The maximum absolute atomic E-state index is 12.9. The van der Waals surface area contributed by atoms with E-state index in [0.717, 1.165) is 11.3 Å². The molecule has 0 aliphatic rings. The molecule has 2 aromatic rings. The number of benzene rings is 1. The van der Waals surface area contributed by atoms with Gasteiger partial charge in [-0.2, -0.15) is 0 Å². The Bertz CT molecular complexity index is 1010. The second-order valence-electron chi connectivity index (χ2n) is 6.45. The number of hydrogen-bond acceptors (Lipinski definition) is 5. The molecule has 9 heteroatoms. The van der Waals surface area contributed by atoms with E-state index in [1.807, 2.05) is 13.8 Å². The number of nitrogens with zero attached hydrogens (tertiary/aromatic N) is 1. The van der Waals surface area contributed by atoms with Gasteiger partial charge in [-0.1, -0.05) is 29.3 Å². The van der Waals surface area contributed by atoms with Crippen LogP contribution in [0.5, 0.6) is 0 Å². The lowest BCUT2D eigenvalue weighted by Gasteiger charge is -2.18. The van der Waals surface area contributed by atoms with Crippen molar-refractivity contribution in [2.75, 3.05) is 25.0 Å². The Balaban J connectivity index is 2.34. The summed E-state index contributed by atoms with van der Waals surface area (Å²) in [7, 11) is 0. The molecule has 166 valence electrons. The maximum Gasteiger partial charge on any atom is 0.341 e. The van der Waals surface area contributed by atoms with Crippen LogP contribution in [-0.4, -0.2) is 42.4 Å². The van der Waals surface area contributed by atoms with Crippen molar-refractivity contribution in [1.29, 1.82) is 0 Å². The molecule has 0 bridgehead atoms. The summed E-state index contributed by atoms with van der Waals surface area (Å²) in [5.74, 6) is -1.23. The molecular weight excluding hydrogens is 459 g/mol. The van der Waals surface area contributed by atoms with Crippen molar-refractivity contribution in [1.82, 2.24) is 4.90 Å². The van der Waals surface area contributed by atoms with Crippen LogP contribution in [0.3, 0.4) is 0 Å². The fourth-order valence-electron chi connectivity index (χ4n) is 2.85. The van der Waals surface area contributed by atoms with Crippen molar-refractivity contribution in [3.05, 3.63) is 55.9 Å². The third-order valence-electron chi connectivity index (χ3n) is 4.48. The quantitative estimate of drug-likeness (QED) is 0.388. The monoisotopic (exact) mass is 482 g/mol. The third-order valence-corrected chi connectivity index (χ3v) is 6.41. The van der Waals surface area contributed by atoms with Crippen molar-refractivity contribution in [2.45, 2.75) is 27.7 Å². The molecule has 1 N–H and O–H groups in total. The average Bonchev–Trinajstić information content (AvgIpc) is 3.05. The van der Waals surface area contributed by atoms with Crippen LogP contribution in [0.25, 0.3) is 6.08 Å². The van der Waals surface area contributed by atoms with Gasteiger partial charge < -0.3 is 15.0 Å². The second kappa shape index (κ2) is 11.3. The Morgan fingerprint density at radius 1 is 1.13 bits per heavy atom. The highest BCUT2D eigenvalue weighted by Gasteiger charge is 2.28. The topological polar surface area (TPSA) is 75.7 Å². The Hall–Kier alpha value is -2.35. The zero-order valence-corrected chi connectivity index (χ0v) is 20.1. The SMILES string of the molecule is CCOC(=O)c1c(NC(=O)C=Cc2ccc(Cl)c(Cl)c2)sc(C(=O)N(CC)CC)c1C. The summed E-state index contributed by atoms with van der Waals surface area (Å²) in [5.41, 5.74) is 1.37. The van der Waals surface area contributed by atoms with Crippen molar-refractivity contribution < 1.29 is 19.1 Å². The van der Waals surface area contributed by atoms with E-state index in [0.29, 0.717) is 39.1 Å². The highest BCUT2D eigenvalue weighted by atomic mass is 35.5. The minimum Gasteiger partial charge on any atom is -0.462 e. The molecule has 0 spiro atoms. The van der Waals surface area contributed by atoms with E-state index in [1.54, 1.807) is 43.0 Å². The molecule has 0 aliphatic heterocycles. The van der Waals surface area contributed by atoms with Gasteiger partial charge in [-0.3, -0.25) is 9.59 Å². The number of thiophene rings is 1. The van der Waals surface area contributed by atoms with Crippen molar-refractivity contribution in [2.24, 2.45) is 0 Å². The summed E-state index contributed by atoms with van der Waals surface area (Å²) in [6.07, 6.45) is 2.89. The van der Waals surface area contributed by atoms with E-state index in [-0.39, 0.29) is 23.1 Å². The molecule has 0 aliphatic carbocycles. The normalized spacial score (nSPS) is 10.9. The largest absolute Gasteiger partial charge is 0.462 e. The van der Waals surface area contributed by atoms with Gasteiger partial charge in [-0.25, -0.2) is 4.79 Å². The van der Waals surface area contributed by atoms with Crippen LogP contribution in [0, 0.1) is 6.92 Å². The average molecular weight is 483 g/mol. The molecular formula is C22H24Cl2N2O4S. The standard InChI is InChI=1S/C22H24Cl2N2O4S/c1-5-26(6-2)21(28)19-13(4)18(22(29)30-7-3)20(31-19)25-17(27)11-9-14-8-10-15(23)16(24)12-14/h8-12H,5-7H2,1-4H3,(H,25,27). The van der Waals surface area contributed by atoms with Crippen molar-refractivity contribution in [3.8, 4) is 0 Å². The first-order valence-corrected chi connectivity index (χ1v) is 11.3. The summed E-state index contributed by atoms with van der Waals surface area (Å²) in [6, 6.07) is 4.99. The van der Waals surface area contributed by atoms with Crippen LogP contribution >= 0.6 is 34.5 Å². The first kappa shape index (κ1) is 24.9. The number of carbonyl (C=O) groups excluding carboxylic acids is 3. The minimum absolute atomic E-state index is 0.179. The van der Waals surface area contributed by atoms with Gasteiger partial charge in [0.2, 0.25) is 5.91 Å². The fourth-order valence-corrected chi connectivity index (χ4v) is 4.32. The highest BCUT2D eigenvalue weighted by Crippen LogP contribution is 2.34. The van der Waals surface area contributed by atoms with Crippen LogP contribution in [0.1, 0.15) is 51.9 Å². The van der Waals surface area contributed by atoms with Gasteiger partial charge in [0, 0.05) is 19.2 Å². The van der Waals surface area contributed by atoms with Crippen LogP contribution < -0.4 is 5.32 Å². The van der Waals surface area contributed by atoms with Gasteiger partial charge in [-0.15, -0.1) is 11.3 Å². The van der Waals surface area contributed by atoms with Gasteiger partial charge in [-0.05, 0) is 57.0 Å². The molecule has 0 radical (unpaired) electrons. The van der Waals surface area contributed by atoms with Gasteiger partial charge in [0.1, 0.15) is 5.00 Å². The van der Waals surface area contributed by atoms with E-state index in [9.17, 15) is 14.4 Å². The smallest absolute Gasteiger partial charge is 0.341 e. The molecule has 0 atom stereocenters. The van der Waals surface area contributed by atoms with E-state index < -0.39 is 11.9 Å². The molecule has 1 heterocycles. The predicted molar refractivity (Wildman–Crippen MR) is 126 cm³/mol. The van der Waals surface area contributed by atoms with Gasteiger partial charge in [0.15, 0.2) is 0 Å². The zero-order valence-electron chi connectivity index (χ0n) is 17.8. The summed E-state index contributed by atoms with van der Waals surface area (Å²) >= 11 is 13.0. The molecule has 0 saturated heterocycles. The van der Waals surface area contributed by atoms with Crippen molar-refractivity contribution in [3.63, 3.8) is 0 Å². The lowest BCUT2D eigenvalue weighted by Crippen LogP contribution is -2.30. The summed E-state index contributed by atoms with van der Waals surface area (Å²) < 4.78 is 5.14. The van der Waals surface area contributed by atoms with E-state index in [4.69, 9.17) is 27.9 Å². The first-order chi connectivity index (χ1) is 14.7.